The fourth-order valence-corrected chi connectivity index (χ4v) is 2.75. The number of benzene rings is 2. The lowest BCUT2D eigenvalue weighted by atomic mass is 10.2. The van der Waals surface area contributed by atoms with E-state index in [1.807, 2.05) is 61.0 Å². The van der Waals surface area contributed by atoms with E-state index >= 15 is 0 Å². The summed E-state index contributed by atoms with van der Waals surface area (Å²) in [5.74, 6) is 1.66. The third-order valence-corrected chi connectivity index (χ3v) is 4.23. The molecule has 0 unspecified atom stereocenters. The van der Waals surface area contributed by atoms with Gasteiger partial charge >= 0.3 is 0 Å². The van der Waals surface area contributed by atoms with Crippen molar-refractivity contribution in [2.75, 3.05) is 40.4 Å². The Balaban J connectivity index is 1.54. The number of ether oxygens (including phenoxy) is 2. The van der Waals surface area contributed by atoms with Crippen molar-refractivity contribution in [1.82, 2.24) is 10.0 Å². The Kier molecular flexibility index (Phi) is 6.09. The van der Waals surface area contributed by atoms with Crippen LogP contribution in [0.2, 0.25) is 0 Å². The average molecular weight is 352 g/mol. The first-order chi connectivity index (χ1) is 12.8. The Morgan fingerprint density at radius 3 is 1.46 bits per heavy atom. The van der Waals surface area contributed by atoms with Crippen molar-refractivity contribution in [1.29, 1.82) is 0 Å². The van der Waals surface area contributed by atoms with Crippen LogP contribution in [0.25, 0.3) is 0 Å². The number of rotatable bonds is 6. The molecule has 1 fully saturated rings. The summed E-state index contributed by atoms with van der Waals surface area (Å²) in [6, 6.07) is 15.7. The molecule has 1 aliphatic heterocycles. The molecule has 0 atom stereocenters. The molecule has 1 aliphatic rings. The summed E-state index contributed by atoms with van der Waals surface area (Å²) in [7, 11) is 3.34. The molecule has 2 aromatic carbocycles. The van der Waals surface area contributed by atoms with Gasteiger partial charge in [-0.15, -0.1) is 0 Å². The zero-order chi connectivity index (χ0) is 18.2. The van der Waals surface area contributed by atoms with Crippen molar-refractivity contribution in [3.05, 3.63) is 59.7 Å². The fourth-order valence-electron chi connectivity index (χ4n) is 2.75. The van der Waals surface area contributed by atoms with Crippen LogP contribution in [0, 0.1) is 0 Å². The number of nitrogens with zero attached hydrogens (tertiary/aromatic N) is 4. The van der Waals surface area contributed by atoms with Crippen molar-refractivity contribution >= 4 is 12.4 Å². The maximum atomic E-state index is 5.35. The van der Waals surface area contributed by atoms with Crippen molar-refractivity contribution in [2.45, 2.75) is 0 Å². The zero-order valence-electron chi connectivity index (χ0n) is 15.2. The second-order valence-electron chi connectivity index (χ2n) is 5.88. The molecule has 6 nitrogen and oxygen atoms in total. The first-order valence-corrected chi connectivity index (χ1v) is 8.64. The number of para-hydroxylation sites is 2. The fraction of sp³-hybridized carbons (Fsp3) is 0.300. The van der Waals surface area contributed by atoms with Crippen LogP contribution in [0.3, 0.4) is 0 Å². The van der Waals surface area contributed by atoms with Gasteiger partial charge in [0.05, 0.1) is 52.8 Å². The molecule has 0 amide bonds. The summed E-state index contributed by atoms with van der Waals surface area (Å²) in [6.45, 7) is 3.31. The molecular formula is C20H24N4O2. The topological polar surface area (TPSA) is 49.7 Å². The van der Waals surface area contributed by atoms with Crippen LogP contribution < -0.4 is 9.47 Å². The predicted molar refractivity (Wildman–Crippen MR) is 104 cm³/mol. The normalized spacial score (nSPS) is 15.0. The lowest BCUT2D eigenvalue weighted by Gasteiger charge is -2.31. The molecule has 26 heavy (non-hydrogen) atoms. The maximum Gasteiger partial charge on any atom is 0.127 e. The Hall–Kier alpha value is -3.02. The molecule has 3 rings (SSSR count). The lowest BCUT2D eigenvalue weighted by molar-refractivity contribution is 0.141. The minimum absolute atomic E-state index is 0.828. The highest BCUT2D eigenvalue weighted by Crippen LogP contribution is 2.16. The van der Waals surface area contributed by atoms with Crippen molar-refractivity contribution in [2.24, 2.45) is 10.2 Å². The van der Waals surface area contributed by atoms with E-state index in [2.05, 4.69) is 20.2 Å². The molecule has 1 heterocycles. The predicted octanol–water partition coefficient (Wildman–Crippen LogP) is 2.69. The van der Waals surface area contributed by atoms with Crippen molar-refractivity contribution < 1.29 is 9.47 Å². The SMILES string of the molecule is COc1ccccc1C=NN1CCN(N=Cc2ccccc2OC)CC1. The minimum atomic E-state index is 0.828. The highest BCUT2D eigenvalue weighted by Gasteiger charge is 2.13. The van der Waals surface area contributed by atoms with Gasteiger partial charge in [0.25, 0.3) is 0 Å². The Morgan fingerprint density at radius 1 is 0.692 bits per heavy atom. The number of hydrogen-bond donors (Lipinski definition) is 0. The minimum Gasteiger partial charge on any atom is -0.496 e. The van der Waals surface area contributed by atoms with Crippen LogP contribution in [0.4, 0.5) is 0 Å². The van der Waals surface area contributed by atoms with E-state index < -0.39 is 0 Å². The van der Waals surface area contributed by atoms with E-state index in [1.54, 1.807) is 14.2 Å². The van der Waals surface area contributed by atoms with Crippen LogP contribution in [0.5, 0.6) is 11.5 Å². The van der Waals surface area contributed by atoms with E-state index in [4.69, 9.17) is 9.47 Å². The molecular weight excluding hydrogens is 328 g/mol. The molecule has 6 heteroatoms. The van der Waals surface area contributed by atoms with Crippen LogP contribution in [-0.4, -0.2) is 62.8 Å². The lowest BCUT2D eigenvalue weighted by Crippen LogP contribution is -2.41. The molecule has 1 saturated heterocycles. The Bertz CT molecular complexity index is 702. The van der Waals surface area contributed by atoms with Gasteiger partial charge in [0, 0.05) is 11.1 Å². The van der Waals surface area contributed by atoms with Gasteiger partial charge in [-0.05, 0) is 24.3 Å². The second-order valence-corrected chi connectivity index (χ2v) is 5.88. The first kappa shape index (κ1) is 17.8. The standard InChI is InChI=1S/C20H24N4O2/c1-25-19-9-5-3-7-17(19)15-21-23-11-13-24(14-12-23)22-16-18-8-4-6-10-20(18)26-2/h3-10,15-16H,11-14H2,1-2H3. The van der Waals surface area contributed by atoms with Gasteiger partial charge in [-0.3, -0.25) is 10.0 Å². The van der Waals surface area contributed by atoms with E-state index in [1.165, 1.54) is 0 Å². The number of piperazine rings is 1. The van der Waals surface area contributed by atoms with Crippen LogP contribution in [0.15, 0.2) is 58.7 Å². The van der Waals surface area contributed by atoms with Crippen molar-refractivity contribution in [3.63, 3.8) is 0 Å². The summed E-state index contributed by atoms with van der Waals surface area (Å²) in [5.41, 5.74) is 1.96. The molecule has 0 aliphatic carbocycles. The molecule has 0 radical (unpaired) electrons. The first-order valence-electron chi connectivity index (χ1n) is 8.64. The Labute approximate surface area is 154 Å². The number of hydrogen-bond acceptors (Lipinski definition) is 6. The third kappa shape index (κ3) is 4.53. The molecule has 0 aromatic heterocycles. The van der Waals surface area contributed by atoms with Crippen LogP contribution >= 0.6 is 0 Å². The van der Waals surface area contributed by atoms with Gasteiger partial charge in [-0.1, -0.05) is 24.3 Å². The summed E-state index contributed by atoms with van der Waals surface area (Å²) >= 11 is 0. The van der Waals surface area contributed by atoms with Gasteiger partial charge in [0.2, 0.25) is 0 Å². The summed E-state index contributed by atoms with van der Waals surface area (Å²) in [6.07, 6.45) is 3.71. The highest BCUT2D eigenvalue weighted by atomic mass is 16.5. The quantitative estimate of drug-likeness (QED) is 0.750. The molecule has 0 spiro atoms. The van der Waals surface area contributed by atoms with Gasteiger partial charge in [0.1, 0.15) is 11.5 Å². The molecule has 0 bridgehead atoms. The van der Waals surface area contributed by atoms with Crippen LogP contribution in [-0.2, 0) is 0 Å². The van der Waals surface area contributed by atoms with E-state index in [0.717, 1.165) is 48.8 Å². The zero-order valence-corrected chi connectivity index (χ0v) is 15.2. The Morgan fingerprint density at radius 2 is 1.08 bits per heavy atom. The molecule has 136 valence electrons. The maximum absolute atomic E-state index is 5.35. The molecule has 2 aromatic rings. The van der Waals surface area contributed by atoms with Gasteiger partial charge in [-0.25, -0.2) is 0 Å². The summed E-state index contributed by atoms with van der Waals surface area (Å²) < 4.78 is 10.7. The monoisotopic (exact) mass is 352 g/mol. The van der Waals surface area contributed by atoms with Crippen molar-refractivity contribution in [3.8, 4) is 11.5 Å². The summed E-state index contributed by atoms with van der Waals surface area (Å²) in [4.78, 5) is 0. The highest BCUT2D eigenvalue weighted by molar-refractivity contribution is 5.83. The smallest absolute Gasteiger partial charge is 0.127 e. The van der Waals surface area contributed by atoms with Gasteiger partial charge < -0.3 is 9.47 Å². The second kappa shape index (κ2) is 8.89. The van der Waals surface area contributed by atoms with Gasteiger partial charge in [-0.2, -0.15) is 10.2 Å². The van der Waals surface area contributed by atoms with Crippen LogP contribution in [0.1, 0.15) is 11.1 Å². The summed E-state index contributed by atoms with van der Waals surface area (Å²) in [5, 5.41) is 13.3. The number of methoxy groups -OCH3 is 2. The van der Waals surface area contributed by atoms with E-state index in [-0.39, 0.29) is 0 Å². The largest absolute Gasteiger partial charge is 0.496 e. The third-order valence-electron chi connectivity index (χ3n) is 4.23. The van der Waals surface area contributed by atoms with E-state index in [9.17, 15) is 0 Å². The van der Waals surface area contributed by atoms with Gasteiger partial charge in [0.15, 0.2) is 0 Å². The molecule has 0 saturated carbocycles. The number of hydrazone groups is 2. The van der Waals surface area contributed by atoms with E-state index in [0.29, 0.717) is 0 Å². The average Bonchev–Trinajstić information content (AvgIpc) is 2.72. The molecule has 0 N–H and O–H groups in total.